The molecule has 0 aliphatic heterocycles. The maximum Gasteiger partial charge on any atom is 0.243 e. The summed E-state index contributed by atoms with van der Waals surface area (Å²) in [6.07, 6.45) is 1.20. The molecule has 0 saturated heterocycles. The highest BCUT2D eigenvalue weighted by Crippen LogP contribution is 2.25. The fourth-order valence-electron chi connectivity index (χ4n) is 4.32. The van der Waals surface area contributed by atoms with Crippen LogP contribution in [0.5, 0.6) is 0 Å². The van der Waals surface area contributed by atoms with E-state index in [1.165, 1.54) is 16.7 Å². The summed E-state index contributed by atoms with van der Waals surface area (Å²) in [5, 5.41) is 4.09. The number of halogens is 2. The fraction of sp³-hybridized carbons (Fsp3) is 0.355. The van der Waals surface area contributed by atoms with Gasteiger partial charge in [-0.2, -0.15) is 0 Å². The first kappa shape index (κ1) is 30.1. The second-order valence-electron chi connectivity index (χ2n) is 9.77. The number of carbonyl (C=O) groups is 2. The second kappa shape index (κ2) is 14.6. The molecule has 0 heterocycles. The largest absolute Gasteiger partial charge is 0.352 e. The molecule has 0 aliphatic rings. The molecule has 38 heavy (non-hydrogen) atoms. The van der Waals surface area contributed by atoms with Crippen molar-refractivity contribution in [3.63, 3.8) is 0 Å². The lowest BCUT2D eigenvalue weighted by atomic mass is 10.0. The average Bonchev–Trinajstić information content (AvgIpc) is 2.87. The summed E-state index contributed by atoms with van der Waals surface area (Å²) in [6, 6.07) is 20.8. The van der Waals surface area contributed by atoms with E-state index in [2.05, 4.69) is 37.4 Å². The van der Waals surface area contributed by atoms with E-state index in [0.29, 0.717) is 22.2 Å². The van der Waals surface area contributed by atoms with Gasteiger partial charge in [0.25, 0.3) is 0 Å². The van der Waals surface area contributed by atoms with Crippen LogP contribution in [0.2, 0.25) is 10.0 Å². The van der Waals surface area contributed by atoms with Gasteiger partial charge in [0.1, 0.15) is 6.04 Å². The second-order valence-corrected chi connectivity index (χ2v) is 11.6. The predicted octanol–water partition coefficient (Wildman–Crippen LogP) is 7.40. The minimum absolute atomic E-state index is 0.00391. The summed E-state index contributed by atoms with van der Waals surface area (Å²) in [6.45, 7) is 8.36. The molecule has 1 N–H and O–H groups in total. The van der Waals surface area contributed by atoms with E-state index in [0.717, 1.165) is 17.5 Å². The van der Waals surface area contributed by atoms with Crippen molar-refractivity contribution < 1.29 is 9.59 Å². The number of nitrogens with zero attached hydrogens (tertiary/aromatic N) is 1. The summed E-state index contributed by atoms with van der Waals surface area (Å²) in [4.78, 5) is 29.1. The molecule has 202 valence electrons. The zero-order chi connectivity index (χ0) is 27.7. The topological polar surface area (TPSA) is 49.4 Å². The van der Waals surface area contributed by atoms with E-state index in [4.69, 9.17) is 23.2 Å². The van der Waals surface area contributed by atoms with E-state index < -0.39 is 6.04 Å². The Bertz CT molecular complexity index is 1220. The normalized spacial score (nSPS) is 12.6. The molecular formula is C31H36Cl2N2O2S. The Balaban J connectivity index is 1.89. The van der Waals surface area contributed by atoms with E-state index in [1.54, 1.807) is 28.8 Å². The van der Waals surface area contributed by atoms with E-state index in [1.807, 2.05) is 50.2 Å². The first-order chi connectivity index (χ1) is 18.2. The monoisotopic (exact) mass is 570 g/mol. The number of nitrogens with one attached hydrogen (secondary N) is 1. The predicted molar refractivity (Wildman–Crippen MR) is 161 cm³/mol. The van der Waals surface area contributed by atoms with Crippen molar-refractivity contribution in [1.82, 2.24) is 10.2 Å². The first-order valence-corrected chi connectivity index (χ1v) is 14.8. The van der Waals surface area contributed by atoms with E-state index in [-0.39, 0.29) is 30.2 Å². The zero-order valence-corrected chi connectivity index (χ0v) is 24.8. The van der Waals surface area contributed by atoms with Crippen molar-refractivity contribution in [1.29, 1.82) is 0 Å². The molecule has 3 aromatic rings. The number of amides is 2. The van der Waals surface area contributed by atoms with Crippen LogP contribution in [0.4, 0.5) is 0 Å². The number of hydrogen-bond donors (Lipinski definition) is 1. The Morgan fingerprint density at radius 2 is 1.63 bits per heavy atom. The lowest BCUT2D eigenvalue weighted by molar-refractivity contribution is -0.139. The molecule has 0 aromatic heterocycles. The molecule has 3 rings (SSSR count). The Morgan fingerprint density at radius 3 is 2.26 bits per heavy atom. The van der Waals surface area contributed by atoms with Crippen LogP contribution in [-0.4, -0.2) is 34.6 Å². The standard InChI is InChI=1S/C31H36Cl2N2O2S/c1-5-23(4)34-31(37)29(16-24-9-7-6-8-10-24)35(18-26-11-12-27(32)17-28(26)33)30(36)20-38-19-25-14-21(2)13-22(3)15-25/h6-15,17,23,29H,5,16,18-20H2,1-4H3,(H,34,37)/t23-,29-/m1/s1. The third-order valence-corrected chi connectivity index (χ3v) is 7.98. The molecule has 0 radical (unpaired) electrons. The fourth-order valence-corrected chi connectivity index (χ4v) is 5.63. The number of benzene rings is 3. The van der Waals surface area contributed by atoms with Crippen molar-refractivity contribution in [3.8, 4) is 0 Å². The summed E-state index contributed by atoms with van der Waals surface area (Å²) >= 11 is 14.2. The molecule has 0 aliphatic carbocycles. The molecular weight excluding hydrogens is 535 g/mol. The minimum Gasteiger partial charge on any atom is -0.352 e. The molecule has 4 nitrogen and oxygen atoms in total. The van der Waals surface area contributed by atoms with Gasteiger partial charge in [-0.3, -0.25) is 9.59 Å². The van der Waals surface area contributed by atoms with Gasteiger partial charge in [-0.05, 0) is 56.0 Å². The molecule has 7 heteroatoms. The summed E-state index contributed by atoms with van der Waals surface area (Å²) < 4.78 is 0. The Morgan fingerprint density at radius 1 is 0.947 bits per heavy atom. The van der Waals surface area contributed by atoms with Gasteiger partial charge < -0.3 is 10.2 Å². The lowest BCUT2D eigenvalue weighted by Gasteiger charge is -2.32. The van der Waals surface area contributed by atoms with Gasteiger partial charge in [0, 0.05) is 34.8 Å². The third kappa shape index (κ3) is 9.07. The lowest BCUT2D eigenvalue weighted by Crippen LogP contribution is -2.52. The van der Waals surface area contributed by atoms with Gasteiger partial charge in [0.2, 0.25) is 11.8 Å². The summed E-state index contributed by atoms with van der Waals surface area (Å²) in [7, 11) is 0. The van der Waals surface area contributed by atoms with Crippen LogP contribution in [0.25, 0.3) is 0 Å². The van der Waals surface area contributed by atoms with Crippen LogP contribution in [0.3, 0.4) is 0 Å². The van der Waals surface area contributed by atoms with Gasteiger partial charge in [-0.1, -0.05) is 95.8 Å². The smallest absolute Gasteiger partial charge is 0.243 e. The van der Waals surface area contributed by atoms with Crippen molar-refractivity contribution in [2.24, 2.45) is 0 Å². The number of aryl methyl sites for hydroxylation is 2. The SMILES string of the molecule is CC[C@@H](C)NC(=O)[C@@H](Cc1ccccc1)N(Cc1ccc(Cl)cc1Cl)C(=O)CSCc1cc(C)cc(C)c1. The van der Waals surface area contributed by atoms with E-state index in [9.17, 15) is 9.59 Å². The molecule has 2 atom stereocenters. The molecule has 0 bridgehead atoms. The highest BCUT2D eigenvalue weighted by atomic mass is 35.5. The summed E-state index contributed by atoms with van der Waals surface area (Å²) in [5.74, 6) is 0.693. The van der Waals surface area contributed by atoms with Gasteiger partial charge >= 0.3 is 0 Å². The Kier molecular flexibility index (Phi) is 11.6. The maximum atomic E-state index is 13.8. The van der Waals surface area contributed by atoms with Crippen LogP contribution in [0, 0.1) is 13.8 Å². The average molecular weight is 572 g/mol. The zero-order valence-electron chi connectivity index (χ0n) is 22.5. The van der Waals surface area contributed by atoms with Crippen LogP contribution < -0.4 is 5.32 Å². The Labute approximate surface area is 241 Å². The molecule has 0 spiro atoms. The molecule has 0 unspecified atom stereocenters. The number of thioether (sulfide) groups is 1. The molecule has 0 fully saturated rings. The van der Waals surface area contributed by atoms with Gasteiger partial charge in [-0.25, -0.2) is 0 Å². The van der Waals surface area contributed by atoms with Crippen LogP contribution in [0.15, 0.2) is 66.7 Å². The first-order valence-electron chi connectivity index (χ1n) is 12.9. The number of rotatable bonds is 12. The number of hydrogen-bond acceptors (Lipinski definition) is 3. The Hall–Kier alpha value is -2.47. The number of carbonyl (C=O) groups excluding carboxylic acids is 2. The van der Waals surface area contributed by atoms with Crippen molar-refractivity contribution in [2.75, 3.05) is 5.75 Å². The van der Waals surface area contributed by atoms with Crippen LogP contribution in [-0.2, 0) is 28.3 Å². The third-order valence-electron chi connectivity index (χ3n) is 6.40. The van der Waals surface area contributed by atoms with Crippen molar-refractivity contribution >= 4 is 46.8 Å². The summed E-state index contributed by atoms with van der Waals surface area (Å²) in [5.41, 5.74) is 5.33. The van der Waals surface area contributed by atoms with Crippen molar-refractivity contribution in [2.45, 2.75) is 64.9 Å². The van der Waals surface area contributed by atoms with Gasteiger partial charge in [0.05, 0.1) is 5.75 Å². The van der Waals surface area contributed by atoms with Gasteiger partial charge in [0.15, 0.2) is 0 Å². The molecule has 2 amide bonds. The van der Waals surface area contributed by atoms with E-state index >= 15 is 0 Å². The highest BCUT2D eigenvalue weighted by molar-refractivity contribution is 7.99. The molecule has 3 aromatic carbocycles. The van der Waals surface area contributed by atoms with Crippen LogP contribution >= 0.6 is 35.0 Å². The quantitative estimate of drug-likeness (QED) is 0.247. The highest BCUT2D eigenvalue weighted by Gasteiger charge is 2.31. The van der Waals surface area contributed by atoms with Crippen LogP contribution in [0.1, 0.15) is 48.1 Å². The van der Waals surface area contributed by atoms with Gasteiger partial charge in [-0.15, -0.1) is 11.8 Å². The minimum atomic E-state index is -0.688. The maximum absolute atomic E-state index is 13.8. The van der Waals surface area contributed by atoms with Crippen molar-refractivity contribution in [3.05, 3.63) is 105 Å². The molecule has 0 saturated carbocycles.